The first-order valence-corrected chi connectivity index (χ1v) is 6.47. The van der Waals surface area contributed by atoms with E-state index in [1.165, 1.54) is 22.5 Å². The Morgan fingerprint density at radius 2 is 1.89 bits per heavy atom. The van der Waals surface area contributed by atoms with E-state index in [0.717, 1.165) is 13.0 Å². The summed E-state index contributed by atoms with van der Waals surface area (Å²) >= 11 is 0. The van der Waals surface area contributed by atoms with E-state index < -0.39 is 0 Å². The van der Waals surface area contributed by atoms with Crippen LogP contribution in [0, 0.1) is 0 Å². The minimum absolute atomic E-state index is 0. The Bertz CT molecular complexity index is 566. The molecule has 1 heterocycles. The van der Waals surface area contributed by atoms with Crippen LogP contribution in [-0.2, 0) is 6.42 Å². The van der Waals surface area contributed by atoms with Crippen molar-refractivity contribution in [2.24, 2.45) is 5.73 Å². The summed E-state index contributed by atoms with van der Waals surface area (Å²) in [5, 5.41) is 0. The minimum Gasteiger partial charge on any atom is -0.341 e. The summed E-state index contributed by atoms with van der Waals surface area (Å²) in [5.41, 5.74) is 11.2. The third kappa shape index (κ3) is 2.60. The van der Waals surface area contributed by atoms with Crippen LogP contribution in [0.2, 0.25) is 0 Å². The van der Waals surface area contributed by atoms with Crippen LogP contribution in [0.3, 0.4) is 0 Å². The van der Waals surface area contributed by atoms with Crippen molar-refractivity contribution < 1.29 is 0 Å². The van der Waals surface area contributed by atoms with Gasteiger partial charge in [-0.2, -0.15) is 0 Å². The quantitative estimate of drug-likeness (QED) is 0.902. The second kappa shape index (κ2) is 5.64. The lowest BCUT2D eigenvalue weighted by molar-refractivity contribution is 0.817. The van der Waals surface area contributed by atoms with E-state index >= 15 is 0 Å². The monoisotopic (exact) mass is 274 g/mol. The van der Waals surface area contributed by atoms with Crippen molar-refractivity contribution in [3.05, 3.63) is 59.7 Å². The standard InChI is InChI=1S/C16H18N2.ClH/c1-12(17)14-6-4-7-15(11-14)18-10-9-13-5-2-3-8-16(13)18;/h2-8,11-12H,9-10,17H2,1H3;1H. The zero-order valence-corrected chi connectivity index (χ0v) is 11.9. The van der Waals surface area contributed by atoms with E-state index in [2.05, 4.69) is 53.4 Å². The second-order valence-electron chi connectivity index (χ2n) is 4.91. The van der Waals surface area contributed by atoms with E-state index in [9.17, 15) is 0 Å². The lowest BCUT2D eigenvalue weighted by Crippen LogP contribution is -2.14. The maximum atomic E-state index is 5.96. The van der Waals surface area contributed by atoms with Crippen molar-refractivity contribution in [3.63, 3.8) is 0 Å². The van der Waals surface area contributed by atoms with Crippen molar-refractivity contribution in [1.82, 2.24) is 0 Å². The number of anilines is 2. The molecule has 0 saturated heterocycles. The Labute approximate surface area is 120 Å². The van der Waals surface area contributed by atoms with Gasteiger partial charge >= 0.3 is 0 Å². The molecule has 1 unspecified atom stereocenters. The lowest BCUT2D eigenvalue weighted by Gasteiger charge is -2.21. The van der Waals surface area contributed by atoms with E-state index in [0.29, 0.717) is 0 Å². The molecule has 1 aliphatic heterocycles. The number of para-hydroxylation sites is 1. The van der Waals surface area contributed by atoms with Crippen LogP contribution >= 0.6 is 12.4 Å². The Balaban J connectivity index is 0.00000133. The highest BCUT2D eigenvalue weighted by Crippen LogP contribution is 2.34. The molecule has 0 fully saturated rings. The van der Waals surface area contributed by atoms with Gasteiger partial charge in [0.05, 0.1) is 0 Å². The topological polar surface area (TPSA) is 29.3 Å². The first-order valence-electron chi connectivity index (χ1n) is 6.47. The van der Waals surface area contributed by atoms with E-state index in [-0.39, 0.29) is 18.4 Å². The number of nitrogens with two attached hydrogens (primary N) is 1. The Morgan fingerprint density at radius 1 is 1.11 bits per heavy atom. The molecule has 2 aromatic rings. The molecule has 0 radical (unpaired) electrons. The Morgan fingerprint density at radius 3 is 2.68 bits per heavy atom. The van der Waals surface area contributed by atoms with Gasteiger partial charge in [-0.3, -0.25) is 0 Å². The summed E-state index contributed by atoms with van der Waals surface area (Å²) in [7, 11) is 0. The highest BCUT2D eigenvalue weighted by molar-refractivity contribution is 5.85. The molecule has 100 valence electrons. The highest BCUT2D eigenvalue weighted by atomic mass is 35.5. The maximum Gasteiger partial charge on any atom is 0.0444 e. The van der Waals surface area contributed by atoms with Gasteiger partial charge in [-0.25, -0.2) is 0 Å². The average molecular weight is 275 g/mol. The molecule has 3 rings (SSSR count). The molecule has 3 heteroatoms. The van der Waals surface area contributed by atoms with Crippen LogP contribution in [0.15, 0.2) is 48.5 Å². The van der Waals surface area contributed by atoms with Crippen molar-refractivity contribution in [1.29, 1.82) is 0 Å². The molecule has 1 atom stereocenters. The van der Waals surface area contributed by atoms with Crippen LogP contribution in [0.25, 0.3) is 0 Å². The number of fused-ring (bicyclic) bond motifs is 1. The van der Waals surface area contributed by atoms with Gasteiger partial charge in [0, 0.05) is 24.0 Å². The summed E-state index contributed by atoms with van der Waals surface area (Å²) in [6.45, 7) is 3.08. The molecule has 1 aliphatic rings. The first-order chi connectivity index (χ1) is 8.75. The average Bonchev–Trinajstić information content (AvgIpc) is 2.82. The van der Waals surface area contributed by atoms with Crippen molar-refractivity contribution in [3.8, 4) is 0 Å². The molecule has 0 amide bonds. The number of nitrogens with zero attached hydrogens (tertiary/aromatic N) is 1. The zero-order chi connectivity index (χ0) is 12.5. The summed E-state index contributed by atoms with van der Waals surface area (Å²) in [6, 6.07) is 17.3. The molecule has 0 spiro atoms. The second-order valence-corrected chi connectivity index (χ2v) is 4.91. The van der Waals surface area contributed by atoms with Gasteiger partial charge < -0.3 is 10.6 Å². The van der Waals surface area contributed by atoms with E-state index in [1.807, 2.05) is 6.92 Å². The van der Waals surface area contributed by atoms with Gasteiger partial charge in [0.25, 0.3) is 0 Å². The number of halogens is 1. The predicted molar refractivity (Wildman–Crippen MR) is 83.4 cm³/mol. The van der Waals surface area contributed by atoms with Gasteiger partial charge in [0.1, 0.15) is 0 Å². The van der Waals surface area contributed by atoms with E-state index in [1.54, 1.807) is 0 Å². The van der Waals surface area contributed by atoms with Gasteiger partial charge in [-0.15, -0.1) is 12.4 Å². The number of benzene rings is 2. The van der Waals surface area contributed by atoms with Gasteiger partial charge in [0.15, 0.2) is 0 Å². The minimum atomic E-state index is 0. The molecule has 0 bridgehead atoms. The van der Waals surface area contributed by atoms with Crippen molar-refractivity contribution in [2.75, 3.05) is 11.4 Å². The molecule has 19 heavy (non-hydrogen) atoms. The fourth-order valence-electron chi connectivity index (χ4n) is 2.58. The van der Waals surface area contributed by atoms with Gasteiger partial charge in [-0.1, -0.05) is 30.3 Å². The molecule has 2 N–H and O–H groups in total. The fraction of sp³-hybridized carbons (Fsp3) is 0.250. The first kappa shape index (κ1) is 13.9. The molecular formula is C16H19ClN2. The van der Waals surface area contributed by atoms with Gasteiger partial charge in [-0.05, 0) is 42.7 Å². The van der Waals surface area contributed by atoms with Crippen molar-refractivity contribution >= 4 is 23.8 Å². The predicted octanol–water partition coefficient (Wildman–Crippen LogP) is 3.82. The smallest absolute Gasteiger partial charge is 0.0444 e. The third-order valence-electron chi connectivity index (χ3n) is 3.59. The number of hydrogen-bond donors (Lipinski definition) is 1. The third-order valence-corrected chi connectivity index (χ3v) is 3.59. The molecule has 2 nitrogen and oxygen atoms in total. The lowest BCUT2D eigenvalue weighted by atomic mass is 10.1. The normalized spacial score (nSPS) is 14.7. The van der Waals surface area contributed by atoms with Crippen LogP contribution in [0.1, 0.15) is 24.1 Å². The maximum absolute atomic E-state index is 5.96. The molecule has 0 saturated carbocycles. The van der Waals surface area contributed by atoms with E-state index in [4.69, 9.17) is 5.73 Å². The van der Waals surface area contributed by atoms with Crippen LogP contribution in [-0.4, -0.2) is 6.54 Å². The number of rotatable bonds is 2. The van der Waals surface area contributed by atoms with Crippen LogP contribution in [0.5, 0.6) is 0 Å². The van der Waals surface area contributed by atoms with Crippen molar-refractivity contribution in [2.45, 2.75) is 19.4 Å². The SMILES string of the molecule is CC(N)c1cccc(N2CCc3ccccc32)c1.Cl. The Hall–Kier alpha value is -1.51. The highest BCUT2D eigenvalue weighted by Gasteiger charge is 2.19. The summed E-state index contributed by atoms with van der Waals surface area (Å²) < 4.78 is 0. The van der Waals surface area contributed by atoms with Gasteiger partial charge in [0.2, 0.25) is 0 Å². The number of hydrogen-bond acceptors (Lipinski definition) is 2. The summed E-state index contributed by atoms with van der Waals surface area (Å²) in [4.78, 5) is 2.38. The molecule has 0 aromatic heterocycles. The van der Waals surface area contributed by atoms with Crippen LogP contribution < -0.4 is 10.6 Å². The fourth-order valence-corrected chi connectivity index (χ4v) is 2.58. The largest absolute Gasteiger partial charge is 0.341 e. The molecular weight excluding hydrogens is 256 g/mol. The van der Waals surface area contributed by atoms with Crippen LogP contribution in [0.4, 0.5) is 11.4 Å². The summed E-state index contributed by atoms with van der Waals surface area (Å²) in [5.74, 6) is 0. The Kier molecular flexibility index (Phi) is 4.13. The zero-order valence-electron chi connectivity index (χ0n) is 11.0. The molecule has 2 aromatic carbocycles. The molecule has 0 aliphatic carbocycles. The summed E-state index contributed by atoms with van der Waals surface area (Å²) in [6.07, 6.45) is 1.12.